The number of fused-ring (bicyclic) bond motifs is 1. The summed E-state index contributed by atoms with van der Waals surface area (Å²) in [4.78, 5) is 85.8. The van der Waals surface area contributed by atoms with Gasteiger partial charge in [0.25, 0.3) is 0 Å². The molecule has 3 rings (SSSR count). The Balaban J connectivity index is 1.53. The zero-order valence-electron chi connectivity index (χ0n) is 27.5. The van der Waals surface area contributed by atoms with E-state index in [4.69, 9.17) is 19.5 Å². The Hall–Kier alpha value is -2.64. The van der Waals surface area contributed by atoms with Crippen LogP contribution in [0.1, 0.15) is 33.4 Å². The number of nitrogens with two attached hydrogens (primary N) is 1. The van der Waals surface area contributed by atoms with Gasteiger partial charge in [-0.05, 0) is 0 Å². The van der Waals surface area contributed by atoms with Crippen molar-refractivity contribution in [3.8, 4) is 0 Å². The number of amides is 2. The second kappa shape index (κ2) is 18.1. The lowest BCUT2D eigenvalue weighted by atomic mass is 9.87. The topological polar surface area (TPSA) is 373 Å². The van der Waals surface area contributed by atoms with Crippen LogP contribution in [0, 0.1) is 5.41 Å². The molecule has 1 aliphatic heterocycles. The zero-order chi connectivity index (χ0) is 39.1. The molecule has 1 fully saturated rings. The molecule has 29 heteroatoms. The molecule has 0 aliphatic carbocycles. The van der Waals surface area contributed by atoms with Crippen LogP contribution in [-0.4, -0.2) is 124 Å². The Labute approximate surface area is 298 Å². The number of carbonyl (C=O) groups is 3. The molecule has 52 heavy (non-hydrogen) atoms. The zero-order valence-corrected chi connectivity index (χ0v) is 31.0. The molecule has 2 amide bonds. The molecule has 2 unspecified atom stereocenters. The van der Waals surface area contributed by atoms with E-state index in [1.807, 2.05) is 0 Å². The molecule has 1 saturated heterocycles. The highest BCUT2D eigenvalue weighted by atomic mass is 32.2. The molecule has 2 aromatic rings. The minimum absolute atomic E-state index is 0.0285. The number of aliphatic hydroxyl groups excluding tert-OH is 2. The van der Waals surface area contributed by atoms with E-state index in [1.165, 1.54) is 20.8 Å². The monoisotopic (exact) mass is 825 g/mol. The molecule has 0 spiro atoms. The van der Waals surface area contributed by atoms with Gasteiger partial charge in [0.2, 0.25) is 11.8 Å². The molecular weight excluding hydrogens is 787 g/mol. The highest BCUT2D eigenvalue weighted by molar-refractivity contribution is 7.95. The summed E-state index contributed by atoms with van der Waals surface area (Å²) in [5.74, 6) is -1.70. The quantitative estimate of drug-likeness (QED) is 0.0422. The number of carbonyl (C=O) groups excluding carboxylic acids is 3. The maximum atomic E-state index is 12.6. The van der Waals surface area contributed by atoms with Gasteiger partial charge in [0, 0.05) is 37.6 Å². The summed E-state index contributed by atoms with van der Waals surface area (Å²) in [6, 6.07) is 0. The van der Waals surface area contributed by atoms with Crippen molar-refractivity contribution in [1.29, 1.82) is 0 Å². The Morgan fingerprint density at radius 1 is 1.08 bits per heavy atom. The third-order valence-corrected chi connectivity index (χ3v) is 10.6. The summed E-state index contributed by atoms with van der Waals surface area (Å²) >= 11 is 0.845. The average molecular weight is 826 g/mol. The summed E-state index contributed by atoms with van der Waals surface area (Å²) in [5.41, 5.74) is 4.25. The van der Waals surface area contributed by atoms with Crippen molar-refractivity contribution >= 4 is 70.3 Å². The van der Waals surface area contributed by atoms with Crippen LogP contribution in [0.2, 0.25) is 0 Å². The minimum Gasteiger partial charge on any atom is -0.391 e. The fraction of sp³-hybridized carbons (Fsp3) is 0.652. The summed E-state index contributed by atoms with van der Waals surface area (Å²) in [6.07, 6.45) is -6.93. The molecule has 0 saturated carbocycles. The van der Waals surface area contributed by atoms with Crippen molar-refractivity contribution in [3.05, 3.63) is 12.7 Å². The second-order valence-corrected chi connectivity index (χ2v) is 16.5. The first-order valence-corrected chi connectivity index (χ1v) is 20.1. The number of phosphoric ester groups is 3. The molecular formula is C23H38N7O18P3S. The van der Waals surface area contributed by atoms with Gasteiger partial charge < -0.3 is 55.1 Å². The van der Waals surface area contributed by atoms with Crippen LogP contribution >= 0.6 is 35.5 Å². The number of nitrogens with one attached hydrogen (secondary N) is 2. The number of nitrogen functional groups attached to an aromatic ring is 1. The number of aliphatic hydroxyl groups is 2. The first-order chi connectivity index (χ1) is 24.0. The summed E-state index contributed by atoms with van der Waals surface area (Å²) in [6.45, 7) is 1.65. The Kier molecular flexibility index (Phi) is 15.3. The maximum Gasteiger partial charge on any atom is 0.481 e. The number of anilines is 1. The second-order valence-electron chi connectivity index (χ2n) is 11.5. The van der Waals surface area contributed by atoms with Crippen LogP contribution in [0.5, 0.6) is 0 Å². The van der Waals surface area contributed by atoms with Gasteiger partial charge in [-0.3, -0.25) is 32.5 Å². The van der Waals surface area contributed by atoms with E-state index in [2.05, 4.69) is 38.6 Å². The molecule has 10 N–H and O–H groups in total. The number of phosphoric acid groups is 3. The number of rotatable bonds is 20. The molecule has 25 nitrogen and oxygen atoms in total. The SMILES string of the molecule is CC(=O)OSCCNC(=O)CCNC(=O)[C@H](O)C(C)(C)COP(=O)(O)OP(=O)(O)OC[C@H]1O[C@@H](n2cnc3c(N)ncnc32)[C@H](O)[C@@H]1OP(=O)(O)O. The first kappa shape index (κ1) is 43.8. The fourth-order valence-corrected chi connectivity index (χ4v) is 7.56. The molecule has 0 bridgehead atoms. The number of hydrogen-bond acceptors (Lipinski definition) is 19. The van der Waals surface area contributed by atoms with Crippen molar-refractivity contribution in [1.82, 2.24) is 30.2 Å². The van der Waals surface area contributed by atoms with E-state index in [-0.39, 0.29) is 42.2 Å². The van der Waals surface area contributed by atoms with Crippen LogP contribution in [0.3, 0.4) is 0 Å². The van der Waals surface area contributed by atoms with Crippen LogP contribution in [0.4, 0.5) is 5.82 Å². The lowest BCUT2D eigenvalue weighted by molar-refractivity contribution is -0.137. The van der Waals surface area contributed by atoms with Crippen LogP contribution in [0.15, 0.2) is 12.7 Å². The summed E-state index contributed by atoms with van der Waals surface area (Å²) in [5, 5.41) is 26.2. The highest BCUT2D eigenvalue weighted by Gasteiger charge is 2.50. The van der Waals surface area contributed by atoms with Crippen LogP contribution in [0.25, 0.3) is 11.2 Å². The van der Waals surface area contributed by atoms with E-state index in [9.17, 15) is 57.9 Å². The summed E-state index contributed by atoms with van der Waals surface area (Å²) < 4.78 is 66.5. The van der Waals surface area contributed by atoms with Gasteiger partial charge in [-0.25, -0.2) is 28.6 Å². The van der Waals surface area contributed by atoms with Gasteiger partial charge in [0.15, 0.2) is 17.7 Å². The van der Waals surface area contributed by atoms with Gasteiger partial charge in [-0.15, -0.1) is 0 Å². The third-order valence-electron chi connectivity index (χ3n) is 6.76. The van der Waals surface area contributed by atoms with Crippen molar-refractivity contribution in [2.75, 3.05) is 37.8 Å². The van der Waals surface area contributed by atoms with Gasteiger partial charge in [0.05, 0.1) is 31.6 Å². The molecule has 0 aromatic carbocycles. The standard InChI is InChI=1S/C23H38N7O18P3S/c1-12(31)47-52-7-6-25-14(32)4-5-26-21(35)18(34)23(2,3)9-44-51(41,42)48-50(39,40)43-8-13-17(46-49(36,37)38)16(33)22(45-13)30-11-29-15-19(24)27-10-28-20(15)30/h10-11,13,16-18,22,33-34H,4-9H2,1-3H3,(H,25,32)(H,26,35)(H,39,40)(H,41,42)(H2,24,27,28)(H2,36,37,38)/t13-,16-,17-,18+,22-/m1/s1. The largest absolute Gasteiger partial charge is 0.481 e. The molecule has 294 valence electrons. The Bertz CT molecular complexity index is 1730. The lowest BCUT2D eigenvalue weighted by Crippen LogP contribution is -2.46. The van der Waals surface area contributed by atoms with Gasteiger partial charge in [0.1, 0.15) is 36.3 Å². The molecule has 2 aromatic heterocycles. The van der Waals surface area contributed by atoms with E-state index in [0.29, 0.717) is 0 Å². The summed E-state index contributed by atoms with van der Waals surface area (Å²) in [7, 11) is -16.4. The highest BCUT2D eigenvalue weighted by Crippen LogP contribution is 2.61. The average Bonchev–Trinajstić information content (AvgIpc) is 3.58. The number of ether oxygens (including phenoxy) is 1. The molecule has 7 atom stereocenters. The number of hydrogen-bond donors (Lipinski definition) is 9. The van der Waals surface area contributed by atoms with Crippen molar-refractivity contribution in [2.24, 2.45) is 5.41 Å². The smallest absolute Gasteiger partial charge is 0.391 e. The van der Waals surface area contributed by atoms with Crippen molar-refractivity contribution < 1.29 is 84.7 Å². The van der Waals surface area contributed by atoms with Crippen LogP contribution < -0.4 is 16.4 Å². The molecule has 1 aliphatic rings. The predicted molar refractivity (Wildman–Crippen MR) is 174 cm³/mol. The maximum absolute atomic E-state index is 12.6. The Morgan fingerprint density at radius 2 is 1.75 bits per heavy atom. The van der Waals surface area contributed by atoms with Gasteiger partial charge >= 0.3 is 29.4 Å². The van der Waals surface area contributed by atoms with Gasteiger partial charge in [-0.2, -0.15) is 4.31 Å². The van der Waals surface area contributed by atoms with Crippen LogP contribution in [-0.2, 0) is 54.9 Å². The Morgan fingerprint density at radius 3 is 2.40 bits per heavy atom. The number of nitrogens with zero attached hydrogens (tertiary/aromatic N) is 4. The van der Waals surface area contributed by atoms with Crippen molar-refractivity contribution in [3.63, 3.8) is 0 Å². The molecule has 0 radical (unpaired) electrons. The van der Waals surface area contributed by atoms with E-state index >= 15 is 0 Å². The third kappa shape index (κ3) is 13.0. The normalized spacial score (nSPS) is 22.3. The number of imidazole rings is 1. The van der Waals surface area contributed by atoms with E-state index < -0.39 is 90.5 Å². The fourth-order valence-electron chi connectivity index (χ4n) is 4.30. The van der Waals surface area contributed by atoms with Crippen molar-refractivity contribution in [2.45, 2.75) is 57.8 Å². The molecule has 3 heterocycles. The first-order valence-electron chi connectivity index (χ1n) is 14.7. The van der Waals surface area contributed by atoms with E-state index in [0.717, 1.165) is 29.3 Å². The minimum atomic E-state index is -5.56. The lowest BCUT2D eigenvalue weighted by Gasteiger charge is -2.30. The predicted octanol–water partition coefficient (Wildman–Crippen LogP) is -1.38. The van der Waals surface area contributed by atoms with Gasteiger partial charge in [-0.1, -0.05) is 13.8 Å². The number of aromatic nitrogens is 4. The van der Waals surface area contributed by atoms with E-state index in [1.54, 1.807) is 0 Å².